The Labute approximate surface area is 326 Å². The zero-order valence-electron chi connectivity index (χ0n) is 33.2. The van der Waals surface area contributed by atoms with Gasteiger partial charge in [0.05, 0.1) is 17.7 Å². The average molecular weight is 753 g/mol. The van der Waals surface area contributed by atoms with E-state index in [1.54, 1.807) is 5.57 Å². The third-order valence-corrected chi connectivity index (χ3v) is 15.0. The number of hydrogen-bond acceptors (Lipinski definition) is 7. The number of benzene rings is 2. The molecule has 2 saturated heterocycles. The van der Waals surface area contributed by atoms with E-state index in [0.717, 1.165) is 56.1 Å². The SMILES string of the molecule is CC1=C2C[C@H]3[C@@H](CCC4C[C@H](OC(=O)CNC(=O)OCc5ccccc5)CC[C@@]43C)[C@@H]2CC[C@@]2(C1)O[C@@H]1C[C@H](C)CN(C(=O)OCc3ccccc3)[C@H]1[C@H]2C. The molecule has 0 bridgehead atoms. The second kappa shape index (κ2) is 15.6. The van der Waals surface area contributed by atoms with E-state index in [-0.39, 0.29) is 61.0 Å². The van der Waals surface area contributed by atoms with E-state index in [0.29, 0.717) is 36.1 Å². The van der Waals surface area contributed by atoms with Crippen molar-refractivity contribution in [3.8, 4) is 0 Å². The van der Waals surface area contributed by atoms with E-state index in [9.17, 15) is 14.4 Å². The summed E-state index contributed by atoms with van der Waals surface area (Å²) in [5, 5.41) is 2.56. The number of nitrogens with zero attached hydrogens (tertiary/aromatic N) is 1. The first-order valence-electron chi connectivity index (χ1n) is 21.0. The van der Waals surface area contributed by atoms with Crippen LogP contribution in [-0.4, -0.2) is 60.0 Å². The lowest BCUT2D eigenvalue weighted by Crippen LogP contribution is -2.54. The first kappa shape index (κ1) is 38.0. The van der Waals surface area contributed by atoms with E-state index in [1.165, 1.54) is 24.8 Å². The fraction of sp³-hybridized carbons (Fsp3) is 0.630. The van der Waals surface area contributed by atoms with E-state index >= 15 is 0 Å². The summed E-state index contributed by atoms with van der Waals surface area (Å²) < 4.78 is 24.3. The molecule has 1 N–H and O–H groups in total. The minimum atomic E-state index is -0.618. The van der Waals surface area contributed by atoms with E-state index in [2.05, 4.69) is 33.0 Å². The Morgan fingerprint density at radius 3 is 2.33 bits per heavy atom. The van der Waals surface area contributed by atoms with Crippen molar-refractivity contribution >= 4 is 18.2 Å². The molecule has 2 heterocycles. The summed E-state index contributed by atoms with van der Waals surface area (Å²) in [7, 11) is 0. The van der Waals surface area contributed by atoms with Crippen LogP contribution in [0.5, 0.6) is 0 Å². The molecule has 0 aromatic heterocycles. The first-order chi connectivity index (χ1) is 26.5. The number of rotatable bonds is 7. The maximum absolute atomic E-state index is 13.7. The van der Waals surface area contributed by atoms with Gasteiger partial charge in [-0.2, -0.15) is 0 Å². The summed E-state index contributed by atoms with van der Waals surface area (Å²) in [5.74, 6) is 2.62. The van der Waals surface area contributed by atoms with Crippen molar-refractivity contribution in [2.24, 2.45) is 40.9 Å². The molecule has 55 heavy (non-hydrogen) atoms. The van der Waals surface area contributed by atoms with Crippen LogP contribution in [0, 0.1) is 40.9 Å². The molecule has 0 radical (unpaired) electrons. The molecule has 1 unspecified atom stereocenters. The molecular weight excluding hydrogens is 693 g/mol. The molecule has 8 rings (SSSR count). The molecule has 2 amide bonds. The molecule has 1 spiro atoms. The number of nitrogens with one attached hydrogen (secondary N) is 1. The number of allylic oxidation sites excluding steroid dienone is 1. The third-order valence-electron chi connectivity index (χ3n) is 15.0. The molecule has 2 aliphatic heterocycles. The second-order valence-electron chi connectivity index (χ2n) is 18.2. The highest BCUT2D eigenvalue weighted by atomic mass is 16.6. The summed E-state index contributed by atoms with van der Waals surface area (Å²) >= 11 is 0. The number of piperidine rings is 1. The normalized spacial score (nSPS) is 36.5. The highest BCUT2D eigenvalue weighted by molar-refractivity contribution is 5.78. The van der Waals surface area contributed by atoms with Gasteiger partial charge in [-0.3, -0.25) is 4.79 Å². The van der Waals surface area contributed by atoms with Gasteiger partial charge in [-0.25, -0.2) is 9.59 Å². The Morgan fingerprint density at radius 1 is 0.891 bits per heavy atom. The van der Waals surface area contributed by atoms with Gasteiger partial charge in [-0.15, -0.1) is 0 Å². The molecule has 11 atom stereocenters. The second-order valence-corrected chi connectivity index (χ2v) is 18.2. The molecule has 2 aromatic carbocycles. The number of hydrogen-bond donors (Lipinski definition) is 1. The number of ether oxygens (including phenoxy) is 4. The predicted molar refractivity (Wildman–Crippen MR) is 208 cm³/mol. The quantitative estimate of drug-likeness (QED) is 0.171. The van der Waals surface area contributed by atoms with Crippen LogP contribution in [0.2, 0.25) is 0 Å². The highest BCUT2D eigenvalue weighted by Crippen LogP contribution is 2.65. The first-order valence-corrected chi connectivity index (χ1v) is 21.0. The smallest absolute Gasteiger partial charge is 0.410 e. The fourth-order valence-electron chi connectivity index (χ4n) is 12.3. The van der Waals surface area contributed by atoms with Crippen LogP contribution in [0.25, 0.3) is 0 Å². The van der Waals surface area contributed by atoms with Gasteiger partial charge in [0.15, 0.2) is 0 Å². The molecule has 9 nitrogen and oxygen atoms in total. The maximum Gasteiger partial charge on any atom is 0.410 e. The number of alkyl carbamates (subject to hydrolysis) is 1. The summed E-state index contributed by atoms with van der Waals surface area (Å²) in [6.45, 7) is 10.4. The summed E-state index contributed by atoms with van der Waals surface area (Å²) in [6.07, 6.45) is 9.56. The summed E-state index contributed by atoms with van der Waals surface area (Å²) in [4.78, 5) is 40.6. The lowest BCUT2D eigenvalue weighted by molar-refractivity contribution is -0.155. The molecule has 3 saturated carbocycles. The van der Waals surface area contributed by atoms with Gasteiger partial charge in [0.1, 0.15) is 25.9 Å². The molecule has 296 valence electrons. The van der Waals surface area contributed by atoms with Gasteiger partial charge in [-0.1, -0.05) is 92.6 Å². The van der Waals surface area contributed by atoms with Crippen molar-refractivity contribution in [3.05, 3.63) is 82.9 Å². The van der Waals surface area contributed by atoms with E-state index < -0.39 is 12.1 Å². The van der Waals surface area contributed by atoms with Crippen molar-refractivity contribution in [1.82, 2.24) is 10.2 Å². The zero-order chi connectivity index (χ0) is 38.3. The van der Waals surface area contributed by atoms with Gasteiger partial charge in [0.2, 0.25) is 0 Å². The van der Waals surface area contributed by atoms with E-state index in [1.807, 2.05) is 65.6 Å². The number of esters is 1. The topological polar surface area (TPSA) is 103 Å². The number of carbonyl (C=O) groups is 3. The standard InChI is InChI=1S/C46H60N2O7/c1-29-21-40-42(48(26-29)44(51)53-28-33-13-9-6-10-14-33)31(3)46(55-40)20-18-36-37-16-15-34-22-35(17-19-45(34,4)39(37)23-38(36)30(2)24-46)54-41(49)25-47-43(50)52-27-32-11-7-5-8-12-32/h5-14,29,31,34-37,39-40,42H,15-28H2,1-4H3,(H,47,50)/t29-,31+,34?,35+,36-,37-,39-,40+,42-,45-,46-/m0/s1. The monoisotopic (exact) mass is 752 g/mol. The molecule has 2 aromatic rings. The van der Waals surface area contributed by atoms with Crippen LogP contribution < -0.4 is 5.32 Å². The van der Waals surface area contributed by atoms with Crippen molar-refractivity contribution < 1.29 is 33.3 Å². The Hall–Kier alpha value is -3.85. The van der Waals surface area contributed by atoms with Crippen LogP contribution in [0.3, 0.4) is 0 Å². The number of amides is 2. The number of carbonyl (C=O) groups excluding carboxylic acids is 3. The summed E-state index contributed by atoms with van der Waals surface area (Å²) in [6, 6.07) is 19.4. The predicted octanol–water partition coefficient (Wildman–Crippen LogP) is 9.00. The van der Waals surface area contributed by atoms with Gasteiger partial charge in [-0.05, 0) is 117 Å². The minimum Gasteiger partial charge on any atom is -0.461 e. The van der Waals surface area contributed by atoms with E-state index in [4.69, 9.17) is 18.9 Å². The van der Waals surface area contributed by atoms with Crippen LogP contribution in [0.1, 0.15) is 103 Å². The fourth-order valence-corrected chi connectivity index (χ4v) is 12.3. The lowest BCUT2D eigenvalue weighted by Gasteiger charge is -2.54. The van der Waals surface area contributed by atoms with Crippen molar-refractivity contribution in [2.75, 3.05) is 13.1 Å². The van der Waals surface area contributed by atoms with Crippen molar-refractivity contribution in [2.45, 2.75) is 129 Å². The Morgan fingerprint density at radius 2 is 1.60 bits per heavy atom. The molecule has 5 fully saturated rings. The number of likely N-dealkylation sites (tertiary alicyclic amines) is 1. The van der Waals surface area contributed by atoms with Crippen LogP contribution in [-0.2, 0) is 37.0 Å². The maximum atomic E-state index is 13.7. The Bertz CT molecular complexity index is 1750. The highest BCUT2D eigenvalue weighted by Gasteiger charge is 2.61. The van der Waals surface area contributed by atoms with Gasteiger partial charge in [0, 0.05) is 12.5 Å². The van der Waals surface area contributed by atoms with Crippen molar-refractivity contribution in [1.29, 1.82) is 0 Å². The minimum absolute atomic E-state index is 0.0332. The molecule has 6 aliphatic rings. The molecule has 9 heteroatoms. The van der Waals surface area contributed by atoms with Crippen LogP contribution in [0.4, 0.5) is 9.59 Å². The average Bonchev–Trinajstić information content (AvgIpc) is 3.65. The number of fused-ring (bicyclic) bond motifs is 6. The molecule has 4 aliphatic carbocycles. The lowest BCUT2D eigenvalue weighted by atomic mass is 9.52. The summed E-state index contributed by atoms with van der Waals surface area (Å²) in [5.41, 5.74) is 5.07. The van der Waals surface area contributed by atoms with Gasteiger partial charge < -0.3 is 29.2 Å². The Balaban J connectivity index is 0.879. The van der Waals surface area contributed by atoms with Crippen LogP contribution in [0.15, 0.2) is 71.8 Å². The zero-order valence-corrected chi connectivity index (χ0v) is 33.2. The Kier molecular flexibility index (Phi) is 10.8. The molecular formula is C46H60N2O7. The largest absolute Gasteiger partial charge is 0.461 e. The third kappa shape index (κ3) is 7.54. The van der Waals surface area contributed by atoms with Crippen LogP contribution >= 0.6 is 0 Å². The van der Waals surface area contributed by atoms with Gasteiger partial charge >= 0.3 is 18.2 Å². The van der Waals surface area contributed by atoms with Crippen molar-refractivity contribution in [3.63, 3.8) is 0 Å². The van der Waals surface area contributed by atoms with Gasteiger partial charge in [0.25, 0.3) is 0 Å².